The molecule has 5 nitrogen and oxygen atoms in total. The number of hydrogen-bond donors (Lipinski definition) is 2. The highest BCUT2D eigenvalue weighted by Crippen LogP contribution is 2.14. The van der Waals surface area contributed by atoms with Crippen LogP contribution < -0.4 is 10.6 Å². The van der Waals surface area contributed by atoms with Crippen LogP contribution >= 0.6 is 0 Å². The third kappa shape index (κ3) is 3.65. The summed E-state index contributed by atoms with van der Waals surface area (Å²) in [7, 11) is 0. The fourth-order valence-electron chi connectivity index (χ4n) is 1.64. The minimum absolute atomic E-state index is 0.264. The largest absolute Gasteiger partial charge is 0.347 e. The summed E-state index contributed by atoms with van der Waals surface area (Å²) in [6.07, 6.45) is 4.58. The number of carbonyl (C=O) groups is 1. The Labute approximate surface area is 117 Å². The van der Waals surface area contributed by atoms with Crippen molar-refractivity contribution in [2.75, 3.05) is 11.9 Å². The van der Waals surface area contributed by atoms with Crippen LogP contribution in [0.3, 0.4) is 0 Å². The number of aromatic nitrogens is 2. The standard InChI is InChI=1S/C15H16N4O/c1-3-7-16-15(20)13-9-18-14(10-17-13)19-12-6-4-5-11(2)8-12/h3-6,8-10H,1,7H2,2H3,(H,16,20)(H,18,19). The minimum atomic E-state index is -0.264. The molecule has 0 radical (unpaired) electrons. The van der Waals surface area contributed by atoms with Gasteiger partial charge >= 0.3 is 0 Å². The van der Waals surface area contributed by atoms with Crippen molar-refractivity contribution in [3.63, 3.8) is 0 Å². The summed E-state index contributed by atoms with van der Waals surface area (Å²) in [6, 6.07) is 7.93. The number of carbonyl (C=O) groups excluding carboxylic acids is 1. The molecule has 1 heterocycles. The number of rotatable bonds is 5. The lowest BCUT2D eigenvalue weighted by molar-refractivity contribution is 0.0952. The molecule has 2 rings (SSSR count). The Morgan fingerprint density at radius 3 is 2.85 bits per heavy atom. The maximum Gasteiger partial charge on any atom is 0.271 e. The van der Waals surface area contributed by atoms with Crippen molar-refractivity contribution in [1.29, 1.82) is 0 Å². The molecule has 20 heavy (non-hydrogen) atoms. The minimum Gasteiger partial charge on any atom is -0.347 e. The highest BCUT2D eigenvalue weighted by atomic mass is 16.1. The topological polar surface area (TPSA) is 66.9 Å². The van der Waals surface area contributed by atoms with Gasteiger partial charge in [-0.1, -0.05) is 18.2 Å². The number of anilines is 2. The summed E-state index contributed by atoms with van der Waals surface area (Å²) >= 11 is 0. The summed E-state index contributed by atoms with van der Waals surface area (Å²) in [4.78, 5) is 19.9. The van der Waals surface area contributed by atoms with Gasteiger partial charge < -0.3 is 10.6 Å². The maximum atomic E-state index is 11.6. The van der Waals surface area contributed by atoms with E-state index in [9.17, 15) is 4.79 Å². The smallest absolute Gasteiger partial charge is 0.271 e. The maximum absolute atomic E-state index is 11.6. The van der Waals surface area contributed by atoms with Gasteiger partial charge in [0, 0.05) is 12.2 Å². The Morgan fingerprint density at radius 1 is 1.35 bits per heavy atom. The first-order valence-corrected chi connectivity index (χ1v) is 6.24. The number of nitrogens with one attached hydrogen (secondary N) is 2. The quantitative estimate of drug-likeness (QED) is 0.817. The van der Waals surface area contributed by atoms with E-state index in [1.54, 1.807) is 6.08 Å². The highest BCUT2D eigenvalue weighted by molar-refractivity contribution is 5.92. The van der Waals surface area contributed by atoms with Crippen LogP contribution in [0.1, 0.15) is 16.1 Å². The monoisotopic (exact) mass is 268 g/mol. The van der Waals surface area contributed by atoms with Crippen molar-refractivity contribution >= 4 is 17.4 Å². The van der Waals surface area contributed by atoms with E-state index in [2.05, 4.69) is 27.2 Å². The molecule has 0 spiro atoms. The van der Waals surface area contributed by atoms with Gasteiger partial charge in [-0.2, -0.15) is 0 Å². The Hall–Kier alpha value is -2.69. The van der Waals surface area contributed by atoms with Crippen molar-refractivity contribution in [1.82, 2.24) is 15.3 Å². The van der Waals surface area contributed by atoms with Crippen molar-refractivity contribution in [3.8, 4) is 0 Å². The fourth-order valence-corrected chi connectivity index (χ4v) is 1.64. The predicted molar refractivity (Wildman–Crippen MR) is 79.0 cm³/mol. The average molecular weight is 268 g/mol. The van der Waals surface area contributed by atoms with E-state index in [4.69, 9.17) is 0 Å². The van der Waals surface area contributed by atoms with Crippen molar-refractivity contribution in [3.05, 3.63) is 60.6 Å². The molecule has 0 aliphatic rings. The Bertz CT molecular complexity index is 608. The fraction of sp³-hybridized carbons (Fsp3) is 0.133. The van der Waals surface area contributed by atoms with E-state index in [0.717, 1.165) is 11.3 Å². The normalized spacial score (nSPS) is 9.85. The molecule has 1 amide bonds. The molecule has 0 aliphatic heterocycles. The number of amides is 1. The van der Waals surface area contributed by atoms with E-state index in [-0.39, 0.29) is 11.6 Å². The molecule has 0 atom stereocenters. The summed E-state index contributed by atoms with van der Waals surface area (Å²) in [5.74, 6) is 0.329. The first-order valence-electron chi connectivity index (χ1n) is 6.24. The number of benzene rings is 1. The zero-order valence-corrected chi connectivity index (χ0v) is 11.3. The number of aryl methyl sites for hydroxylation is 1. The second-order valence-electron chi connectivity index (χ2n) is 4.28. The molecule has 2 aromatic rings. The molecule has 0 saturated heterocycles. The first-order chi connectivity index (χ1) is 9.69. The van der Waals surface area contributed by atoms with Crippen LogP contribution in [-0.2, 0) is 0 Å². The van der Waals surface area contributed by atoms with E-state index >= 15 is 0 Å². The lowest BCUT2D eigenvalue weighted by Crippen LogP contribution is -2.24. The highest BCUT2D eigenvalue weighted by Gasteiger charge is 2.06. The summed E-state index contributed by atoms with van der Waals surface area (Å²) in [5, 5.41) is 5.78. The van der Waals surface area contributed by atoms with Gasteiger partial charge in [0.2, 0.25) is 0 Å². The van der Waals surface area contributed by atoms with Crippen LogP contribution in [0.2, 0.25) is 0 Å². The van der Waals surface area contributed by atoms with Crippen molar-refractivity contribution in [2.45, 2.75) is 6.92 Å². The third-order valence-corrected chi connectivity index (χ3v) is 2.58. The van der Waals surface area contributed by atoms with E-state index < -0.39 is 0 Å². The van der Waals surface area contributed by atoms with Crippen LogP contribution in [-0.4, -0.2) is 22.4 Å². The van der Waals surface area contributed by atoms with Gasteiger partial charge in [-0.05, 0) is 24.6 Å². The third-order valence-electron chi connectivity index (χ3n) is 2.58. The van der Waals surface area contributed by atoms with Crippen molar-refractivity contribution in [2.24, 2.45) is 0 Å². The van der Waals surface area contributed by atoms with Crippen LogP contribution in [0.15, 0.2) is 49.3 Å². The lowest BCUT2D eigenvalue weighted by Gasteiger charge is -2.06. The molecule has 0 aliphatic carbocycles. The Kier molecular flexibility index (Phi) is 4.44. The molecule has 0 saturated carbocycles. The van der Waals surface area contributed by atoms with Gasteiger partial charge in [-0.25, -0.2) is 9.97 Å². The molecule has 0 fully saturated rings. The van der Waals surface area contributed by atoms with Gasteiger partial charge in [0.15, 0.2) is 0 Å². The van der Waals surface area contributed by atoms with E-state index in [1.807, 2.05) is 31.2 Å². The Morgan fingerprint density at radius 2 is 2.20 bits per heavy atom. The van der Waals surface area contributed by atoms with Gasteiger partial charge in [-0.3, -0.25) is 4.79 Å². The molecule has 102 valence electrons. The molecule has 0 unspecified atom stereocenters. The molecule has 0 bridgehead atoms. The van der Waals surface area contributed by atoms with Gasteiger partial charge in [-0.15, -0.1) is 6.58 Å². The second kappa shape index (κ2) is 6.47. The lowest BCUT2D eigenvalue weighted by atomic mass is 10.2. The number of hydrogen-bond acceptors (Lipinski definition) is 4. The molecule has 1 aromatic carbocycles. The van der Waals surface area contributed by atoms with Crippen LogP contribution in [0.5, 0.6) is 0 Å². The summed E-state index contributed by atoms with van der Waals surface area (Å²) in [6.45, 7) is 5.96. The van der Waals surface area contributed by atoms with Crippen LogP contribution in [0.4, 0.5) is 11.5 Å². The zero-order chi connectivity index (χ0) is 14.4. The van der Waals surface area contributed by atoms with Gasteiger partial charge in [0.1, 0.15) is 11.5 Å². The zero-order valence-electron chi connectivity index (χ0n) is 11.3. The summed E-state index contributed by atoms with van der Waals surface area (Å²) in [5.41, 5.74) is 2.37. The summed E-state index contributed by atoms with van der Waals surface area (Å²) < 4.78 is 0. The number of nitrogens with zero attached hydrogens (tertiary/aromatic N) is 2. The van der Waals surface area contributed by atoms with Crippen LogP contribution in [0, 0.1) is 6.92 Å². The van der Waals surface area contributed by atoms with Crippen LogP contribution in [0.25, 0.3) is 0 Å². The molecule has 5 heteroatoms. The Balaban J connectivity index is 2.04. The van der Waals surface area contributed by atoms with Gasteiger partial charge in [0.25, 0.3) is 5.91 Å². The predicted octanol–water partition coefficient (Wildman–Crippen LogP) is 2.44. The second-order valence-corrected chi connectivity index (χ2v) is 4.28. The van der Waals surface area contributed by atoms with Gasteiger partial charge in [0.05, 0.1) is 12.4 Å². The molecule has 2 N–H and O–H groups in total. The van der Waals surface area contributed by atoms with E-state index in [1.165, 1.54) is 12.4 Å². The van der Waals surface area contributed by atoms with E-state index in [0.29, 0.717) is 12.4 Å². The first kappa shape index (κ1) is 13.7. The molecular weight excluding hydrogens is 252 g/mol. The van der Waals surface area contributed by atoms with Crippen molar-refractivity contribution < 1.29 is 4.79 Å². The molecule has 1 aromatic heterocycles. The average Bonchev–Trinajstić information content (AvgIpc) is 2.45. The SMILES string of the molecule is C=CCNC(=O)c1cnc(Nc2cccc(C)c2)cn1. The molecular formula is C15H16N4O.